The van der Waals surface area contributed by atoms with Gasteiger partial charge in [0.1, 0.15) is 11.3 Å². The predicted octanol–water partition coefficient (Wildman–Crippen LogP) is 3.76. The number of nitrogens with one attached hydrogen (secondary N) is 1. The number of carbonyl (C=O) groups is 1. The molecule has 0 unspecified atom stereocenters. The average molecular weight is 544 g/mol. The third-order valence-electron chi connectivity index (χ3n) is 8.45. The van der Waals surface area contributed by atoms with Crippen molar-refractivity contribution in [1.82, 2.24) is 25.0 Å². The molecule has 3 aromatic heterocycles. The van der Waals surface area contributed by atoms with Crippen LogP contribution in [0, 0.1) is 5.41 Å². The van der Waals surface area contributed by atoms with Crippen LogP contribution >= 0.6 is 0 Å². The van der Waals surface area contributed by atoms with Gasteiger partial charge in [0.2, 0.25) is 0 Å². The van der Waals surface area contributed by atoms with Crippen LogP contribution in [-0.4, -0.2) is 63.5 Å². The van der Waals surface area contributed by atoms with E-state index in [4.69, 9.17) is 0 Å². The molecule has 38 heavy (non-hydrogen) atoms. The van der Waals surface area contributed by atoms with E-state index in [9.17, 15) is 22.0 Å². The quantitative estimate of drug-likeness (QED) is 0.499. The molecule has 1 N–H and O–H groups in total. The molecule has 0 bridgehead atoms. The summed E-state index contributed by atoms with van der Waals surface area (Å²) in [6, 6.07) is 4.28. The molecule has 3 aliphatic carbocycles. The monoisotopic (exact) mass is 543 g/mol. The van der Waals surface area contributed by atoms with Crippen molar-refractivity contribution < 1.29 is 22.0 Å². The lowest BCUT2D eigenvalue weighted by Crippen LogP contribution is -2.37. The number of hydrogen-bond donors (Lipinski definition) is 1. The summed E-state index contributed by atoms with van der Waals surface area (Å²) in [4.78, 5) is 24.4. The lowest BCUT2D eigenvalue weighted by molar-refractivity contribution is -0.106. The average Bonchev–Trinajstić information content (AvgIpc) is 3.81. The Labute approximate surface area is 217 Å². The first-order valence-electron chi connectivity index (χ1n) is 13.0. The molecule has 4 heterocycles. The maximum absolute atomic E-state index is 13.4. The number of aromatic nitrogens is 5. The molecule has 7 rings (SSSR count). The Morgan fingerprint density at radius 1 is 1.08 bits per heavy atom. The first-order valence-corrected chi connectivity index (χ1v) is 14.6. The van der Waals surface area contributed by atoms with Crippen molar-refractivity contribution in [2.75, 3.05) is 23.3 Å². The molecule has 1 saturated heterocycles. The van der Waals surface area contributed by atoms with Gasteiger partial charge in [-0.1, -0.05) is 5.21 Å². The van der Waals surface area contributed by atoms with E-state index in [1.165, 1.54) is 23.7 Å². The summed E-state index contributed by atoms with van der Waals surface area (Å²) < 4.78 is 54.1. The van der Waals surface area contributed by atoms with Crippen molar-refractivity contribution in [2.45, 2.75) is 73.5 Å². The van der Waals surface area contributed by atoms with Gasteiger partial charge in [-0.25, -0.2) is 31.8 Å². The molecular weight excluding hydrogens is 516 g/mol. The Bertz CT molecular complexity index is 1550. The van der Waals surface area contributed by atoms with E-state index in [1.54, 1.807) is 18.2 Å². The van der Waals surface area contributed by atoms with Crippen molar-refractivity contribution in [1.29, 1.82) is 0 Å². The summed E-state index contributed by atoms with van der Waals surface area (Å²) in [5.41, 5.74) is 1.79. The van der Waals surface area contributed by atoms with Crippen LogP contribution in [0.4, 0.5) is 20.3 Å². The van der Waals surface area contributed by atoms with Gasteiger partial charge in [-0.05, 0) is 62.1 Å². The number of rotatable bonds is 6. The topological polar surface area (TPSA) is 123 Å². The molecule has 10 nitrogen and oxygen atoms in total. The minimum atomic E-state index is -3.48. The lowest BCUT2D eigenvalue weighted by Gasteiger charge is -2.34. The predicted molar refractivity (Wildman–Crippen MR) is 134 cm³/mol. The Morgan fingerprint density at radius 3 is 2.47 bits per heavy atom. The van der Waals surface area contributed by atoms with Gasteiger partial charge in [-0.15, -0.1) is 5.10 Å². The summed E-state index contributed by atoms with van der Waals surface area (Å²) in [6.07, 6.45) is 6.35. The van der Waals surface area contributed by atoms with Crippen molar-refractivity contribution in [3.63, 3.8) is 0 Å². The summed E-state index contributed by atoms with van der Waals surface area (Å²) in [5, 5.41) is 10.4. The van der Waals surface area contributed by atoms with Gasteiger partial charge in [0.05, 0.1) is 21.9 Å². The second-order valence-corrected chi connectivity index (χ2v) is 13.4. The lowest BCUT2D eigenvalue weighted by atomic mass is 9.88. The van der Waals surface area contributed by atoms with Gasteiger partial charge in [-0.2, -0.15) is 0 Å². The number of fused-ring (bicyclic) bond motifs is 1. The molecule has 0 radical (unpaired) electrons. The summed E-state index contributed by atoms with van der Waals surface area (Å²) in [7, 11) is -3.48. The van der Waals surface area contributed by atoms with Gasteiger partial charge in [0, 0.05) is 32.1 Å². The Kier molecular flexibility index (Phi) is 5.11. The van der Waals surface area contributed by atoms with Crippen LogP contribution in [0.25, 0.3) is 11.2 Å². The zero-order valence-corrected chi connectivity index (χ0v) is 21.4. The molecule has 1 spiro atoms. The zero-order valence-electron chi connectivity index (χ0n) is 20.6. The van der Waals surface area contributed by atoms with E-state index in [1.807, 2.05) is 0 Å². The van der Waals surface area contributed by atoms with Crippen LogP contribution in [0.15, 0.2) is 29.3 Å². The fourth-order valence-electron chi connectivity index (χ4n) is 5.60. The van der Waals surface area contributed by atoms with E-state index in [0.29, 0.717) is 35.1 Å². The second kappa shape index (κ2) is 8.14. The number of piperidine rings is 1. The van der Waals surface area contributed by atoms with Crippen LogP contribution in [0.5, 0.6) is 0 Å². The standard InChI is InChI=1S/C25H27F2N7O3S/c26-25(27)12-15(13-25)34-22-18(31-32-34)3-4-20(29-22)30-23(35)21-19(33-9-7-24(5-6-24)8-10-33)11-17(14-28-21)38(36,37)16-1-2-16/h3-4,11,14-16H,1-2,5-10,12-13H2,(H,29,30,35). The number of alkyl halides is 2. The van der Waals surface area contributed by atoms with E-state index in [2.05, 4.69) is 30.5 Å². The Hall–Kier alpha value is -3.22. The van der Waals surface area contributed by atoms with Crippen molar-refractivity contribution in [2.24, 2.45) is 5.41 Å². The number of pyridine rings is 2. The third-order valence-corrected chi connectivity index (χ3v) is 10.7. The fourth-order valence-corrected chi connectivity index (χ4v) is 7.21. The van der Waals surface area contributed by atoms with E-state index < -0.39 is 27.7 Å². The SMILES string of the molecule is O=C(Nc1ccc2nnn(C3CC(F)(F)C3)c2n1)c1ncc(S(=O)(=O)C2CC2)cc1N1CCC2(CC1)CC2. The van der Waals surface area contributed by atoms with E-state index in [0.717, 1.165) is 25.9 Å². The van der Waals surface area contributed by atoms with E-state index in [-0.39, 0.29) is 34.5 Å². The van der Waals surface area contributed by atoms with Crippen LogP contribution in [0.1, 0.15) is 67.9 Å². The van der Waals surface area contributed by atoms with Gasteiger partial charge in [-0.3, -0.25) is 4.79 Å². The van der Waals surface area contributed by atoms with Crippen molar-refractivity contribution in [3.8, 4) is 0 Å². The molecule has 1 amide bonds. The molecule has 4 fully saturated rings. The van der Waals surface area contributed by atoms with Crippen LogP contribution < -0.4 is 10.2 Å². The largest absolute Gasteiger partial charge is 0.370 e. The first kappa shape index (κ1) is 23.9. The van der Waals surface area contributed by atoms with Gasteiger partial charge < -0.3 is 10.2 Å². The molecule has 3 aromatic rings. The fraction of sp³-hybridized carbons (Fsp3) is 0.560. The summed E-state index contributed by atoms with van der Waals surface area (Å²) in [6.45, 7) is 1.46. The first-order chi connectivity index (χ1) is 18.1. The van der Waals surface area contributed by atoms with E-state index >= 15 is 0 Å². The van der Waals surface area contributed by atoms with Crippen LogP contribution in [0.3, 0.4) is 0 Å². The van der Waals surface area contributed by atoms with Crippen LogP contribution in [-0.2, 0) is 9.84 Å². The number of nitrogens with zero attached hydrogens (tertiary/aromatic N) is 6. The molecular formula is C25H27F2N7O3S. The highest BCUT2D eigenvalue weighted by molar-refractivity contribution is 7.92. The van der Waals surface area contributed by atoms with Crippen LogP contribution in [0.2, 0.25) is 0 Å². The van der Waals surface area contributed by atoms with Gasteiger partial charge in [0.25, 0.3) is 11.8 Å². The normalized spacial score (nSPS) is 22.4. The molecule has 200 valence electrons. The smallest absolute Gasteiger partial charge is 0.277 e. The number of halogens is 2. The maximum Gasteiger partial charge on any atom is 0.277 e. The number of carbonyl (C=O) groups excluding carboxylic acids is 1. The number of amides is 1. The summed E-state index contributed by atoms with van der Waals surface area (Å²) >= 11 is 0. The number of sulfone groups is 1. The molecule has 4 aliphatic rings. The molecule has 3 saturated carbocycles. The van der Waals surface area contributed by atoms with Gasteiger partial charge in [0.15, 0.2) is 21.2 Å². The third kappa shape index (κ3) is 4.11. The molecule has 1 aliphatic heterocycles. The minimum absolute atomic E-state index is 0.124. The minimum Gasteiger partial charge on any atom is -0.370 e. The number of hydrogen-bond acceptors (Lipinski definition) is 8. The Morgan fingerprint density at radius 2 is 1.82 bits per heavy atom. The van der Waals surface area contributed by atoms with Crippen molar-refractivity contribution >= 4 is 38.4 Å². The maximum atomic E-state index is 13.4. The Balaban J connectivity index is 1.18. The number of anilines is 2. The second-order valence-electron chi connectivity index (χ2n) is 11.2. The highest BCUT2D eigenvalue weighted by atomic mass is 32.2. The van der Waals surface area contributed by atoms with Crippen molar-refractivity contribution in [3.05, 3.63) is 30.1 Å². The molecule has 0 atom stereocenters. The highest BCUT2D eigenvalue weighted by Crippen LogP contribution is 2.54. The highest BCUT2D eigenvalue weighted by Gasteiger charge is 2.48. The van der Waals surface area contributed by atoms with Gasteiger partial charge >= 0.3 is 0 Å². The molecule has 13 heteroatoms. The zero-order chi connectivity index (χ0) is 26.3. The molecule has 0 aromatic carbocycles. The summed E-state index contributed by atoms with van der Waals surface area (Å²) in [5.74, 6) is -3.04.